The Labute approximate surface area is 131 Å². The molecule has 0 amide bonds. The van der Waals surface area contributed by atoms with Gasteiger partial charge in [-0.1, -0.05) is 30.3 Å². The van der Waals surface area contributed by atoms with E-state index in [4.69, 9.17) is 0 Å². The smallest absolute Gasteiger partial charge is 0.205 e. The van der Waals surface area contributed by atoms with Gasteiger partial charge >= 0.3 is 0 Å². The molecular formula is C19H21NO2. The lowest BCUT2D eigenvalue weighted by atomic mass is 9.88. The minimum absolute atomic E-state index is 0.00950. The number of hydrogen-bond acceptors (Lipinski definition) is 3. The molecule has 0 bridgehead atoms. The number of Topliss-reactive ketones (excluding diaryl/α,β-unsaturated/α-hetero) is 1. The second-order valence-electron chi connectivity index (χ2n) is 6.14. The van der Waals surface area contributed by atoms with Gasteiger partial charge < -0.3 is 4.90 Å². The second kappa shape index (κ2) is 5.91. The van der Waals surface area contributed by atoms with Gasteiger partial charge in [0.15, 0.2) is 5.78 Å². The van der Waals surface area contributed by atoms with E-state index in [1.54, 1.807) is 13.8 Å². The van der Waals surface area contributed by atoms with Crippen LogP contribution in [0.4, 0.5) is 0 Å². The van der Waals surface area contributed by atoms with Gasteiger partial charge in [0.05, 0.1) is 5.70 Å². The van der Waals surface area contributed by atoms with Crippen LogP contribution in [0.5, 0.6) is 0 Å². The molecule has 0 atom stereocenters. The van der Waals surface area contributed by atoms with Crippen LogP contribution in [0.15, 0.2) is 53.3 Å². The standard InChI is InChI=1S/C19H21NO2/c1-13-14(2)19(22)17(12-18(13)21)20-10-8-16(9-11-20)15-6-4-3-5-7-15/h3-7,12,16H,8-11H2,1-2H3. The topological polar surface area (TPSA) is 37.4 Å². The SMILES string of the molecule is CC1=C(C)C(=O)C(N2CCC(c3ccccc3)CC2)=CC1=O. The molecule has 3 nitrogen and oxygen atoms in total. The average Bonchev–Trinajstić information content (AvgIpc) is 2.57. The van der Waals surface area contributed by atoms with Crippen LogP contribution in [0.3, 0.4) is 0 Å². The van der Waals surface area contributed by atoms with Crippen molar-refractivity contribution in [1.82, 2.24) is 4.90 Å². The molecule has 1 aromatic rings. The van der Waals surface area contributed by atoms with Crippen LogP contribution in [0.2, 0.25) is 0 Å². The third kappa shape index (κ3) is 2.63. The van der Waals surface area contributed by atoms with Crippen LogP contribution in [0.1, 0.15) is 38.2 Å². The number of carbonyl (C=O) groups excluding carboxylic acids is 2. The summed E-state index contributed by atoms with van der Waals surface area (Å²) >= 11 is 0. The fraction of sp³-hybridized carbons (Fsp3) is 0.368. The van der Waals surface area contributed by atoms with E-state index in [0.717, 1.165) is 25.9 Å². The van der Waals surface area contributed by atoms with Crippen LogP contribution >= 0.6 is 0 Å². The molecule has 0 spiro atoms. The number of carbonyl (C=O) groups is 2. The monoisotopic (exact) mass is 295 g/mol. The highest BCUT2D eigenvalue weighted by Gasteiger charge is 2.29. The van der Waals surface area contributed by atoms with Gasteiger partial charge in [-0.3, -0.25) is 9.59 Å². The van der Waals surface area contributed by atoms with Gasteiger partial charge in [-0.2, -0.15) is 0 Å². The normalized spacial score (nSPS) is 20.5. The first-order valence-corrected chi connectivity index (χ1v) is 7.86. The van der Waals surface area contributed by atoms with Gasteiger partial charge in [0.2, 0.25) is 5.78 Å². The van der Waals surface area contributed by atoms with E-state index in [1.165, 1.54) is 11.6 Å². The molecule has 3 rings (SSSR count). The number of rotatable bonds is 2. The molecule has 3 heteroatoms. The number of allylic oxidation sites excluding steroid dienone is 3. The maximum atomic E-state index is 12.4. The molecule has 0 unspecified atom stereocenters. The number of likely N-dealkylation sites (tertiary alicyclic amines) is 1. The van der Waals surface area contributed by atoms with Crippen LogP contribution in [-0.4, -0.2) is 29.6 Å². The van der Waals surface area contributed by atoms with E-state index in [2.05, 4.69) is 29.2 Å². The molecule has 1 heterocycles. The lowest BCUT2D eigenvalue weighted by molar-refractivity contribution is -0.117. The van der Waals surface area contributed by atoms with Crippen molar-refractivity contribution in [1.29, 1.82) is 0 Å². The van der Waals surface area contributed by atoms with Crippen molar-refractivity contribution >= 4 is 11.6 Å². The number of nitrogens with zero attached hydrogens (tertiary/aromatic N) is 1. The minimum Gasteiger partial charge on any atom is -0.368 e. The van der Waals surface area contributed by atoms with Gasteiger partial charge in [-0.05, 0) is 38.2 Å². The summed E-state index contributed by atoms with van der Waals surface area (Å²) in [5, 5.41) is 0. The fourth-order valence-electron chi connectivity index (χ4n) is 3.26. The Hall–Kier alpha value is -2.16. The summed E-state index contributed by atoms with van der Waals surface area (Å²) in [4.78, 5) is 26.5. The Bertz CT molecular complexity index is 662. The first-order valence-electron chi connectivity index (χ1n) is 7.86. The van der Waals surface area contributed by atoms with Crippen LogP contribution in [0.25, 0.3) is 0 Å². The maximum Gasteiger partial charge on any atom is 0.205 e. The summed E-state index contributed by atoms with van der Waals surface area (Å²) in [6, 6.07) is 10.5. The number of ketones is 2. The highest BCUT2D eigenvalue weighted by molar-refractivity contribution is 6.21. The average molecular weight is 295 g/mol. The van der Waals surface area contributed by atoms with Crippen molar-refractivity contribution in [3.05, 3.63) is 58.8 Å². The van der Waals surface area contributed by atoms with Crippen LogP contribution < -0.4 is 0 Å². The molecule has 0 aromatic heterocycles. The fourth-order valence-corrected chi connectivity index (χ4v) is 3.26. The number of benzene rings is 1. The van der Waals surface area contributed by atoms with Gasteiger partial charge in [-0.15, -0.1) is 0 Å². The van der Waals surface area contributed by atoms with Crippen LogP contribution in [0, 0.1) is 0 Å². The zero-order valence-corrected chi connectivity index (χ0v) is 13.1. The maximum absolute atomic E-state index is 12.4. The second-order valence-corrected chi connectivity index (χ2v) is 6.14. The molecule has 1 aliphatic carbocycles. The third-order valence-electron chi connectivity index (χ3n) is 4.88. The Kier molecular flexibility index (Phi) is 3.97. The Morgan fingerprint density at radius 1 is 0.955 bits per heavy atom. The van der Waals surface area contributed by atoms with E-state index in [0.29, 0.717) is 22.8 Å². The highest BCUT2D eigenvalue weighted by atomic mass is 16.1. The summed E-state index contributed by atoms with van der Waals surface area (Å²) in [5.41, 5.74) is 3.12. The quantitative estimate of drug-likeness (QED) is 0.786. The molecular weight excluding hydrogens is 274 g/mol. The minimum atomic E-state index is -0.0303. The number of hydrogen-bond donors (Lipinski definition) is 0. The van der Waals surface area contributed by atoms with Crippen molar-refractivity contribution < 1.29 is 9.59 Å². The zero-order chi connectivity index (χ0) is 15.7. The van der Waals surface area contributed by atoms with E-state index in [1.807, 2.05) is 6.07 Å². The molecule has 0 radical (unpaired) electrons. The van der Waals surface area contributed by atoms with Crippen LogP contribution in [-0.2, 0) is 9.59 Å². The molecule has 1 aliphatic heterocycles. The summed E-state index contributed by atoms with van der Waals surface area (Å²) in [6.45, 7) is 5.14. The lowest BCUT2D eigenvalue weighted by Crippen LogP contribution is -2.37. The Morgan fingerprint density at radius 3 is 2.23 bits per heavy atom. The van der Waals surface area contributed by atoms with Crippen molar-refractivity contribution in [2.75, 3.05) is 13.1 Å². The van der Waals surface area contributed by atoms with Gasteiger partial charge in [0.25, 0.3) is 0 Å². The Morgan fingerprint density at radius 2 is 1.59 bits per heavy atom. The van der Waals surface area contributed by atoms with Gasteiger partial charge in [-0.25, -0.2) is 0 Å². The summed E-state index contributed by atoms with van der Waals surface area (Å²) in [6.07, 6.45) is 3.56. The van der Waals surface area contributed by atoms with Crippen molar-refractivity contribution in [3.8, 4) is 0 Å². The first-order chi connectivity index (χ1) is 10.6. The number of piperidine rings is 1. The summed E-state index contributed by atoms with van der Waals surface area (Å²) in [7, 11) is 0. The van der Waals surface area contributed by atoms with Gasteiger partial charge in [0.1, 0.15) is 0 Å². The zero-order valence-electron chi connectivity index (χ0n) is 13.1. The highest BCUT2D eigenvalue weighted by Crippen LogP contribution is 2.31. The summed E-state index contributed by atoms with van der Waals surface area (Å²) in [5.74, 6) is 0.526. The molecule has 1 saturated heterocycles. The molecule has 1 fully saturated rings. The third-order valence-corrected chi connectivity index (χ3v) is 4.88. The largest absolute Gasteiger partial charge is 0.368 e. The predicted molar refractivity (Wildman–Crippen MR) is 86.5 cm³/mol. The van der Waals surface area contributed by atoms with E-state index < -0.39 is 0 Å². The molecule has 22 heavy (non-hydrogen) atoms. The molecule has 114 valence electrons. The molecule has 0 saturated carbocycles. The van der Waals surface area contributed by atoms with E-state index in [-0.39, 0.29) is 11.6 Å². The molecule has 1 aromatic carbocycles. The van der Waals surface area contributed by atoms with E-state index >= 15 is 0 Å². The van der Waals surface area contributed by atoms with Crippen molar-refractivity contribution in [3.63, 3.8) is 0 Å². The molecule has 2 aliphatic rings. The van der Waals surface area contributed by atoms with Crippen molar-refractivity contribution in [2.45, 2.75) is 32.6 Å². The first kappa shape index (κ1) is 14.8. The predicted octanol–water partition coefficient (Wildman–Crippen LogP) is 3.24. The van der Waals surface area contributed by atoms with Gasteiger partial charge in [0, 0.05) is 30.3 Å². The van der Waals surface area contributed by atoms with E-state index in [9.17, 15) is 9.59 Å². The van der Waals surface area contributed by atoms with Crippen molar-refractivity contribution in [2.24, 2.45) is 0 Å². The Balaban J connectivity index is 1.71. The lowest BCUT2D eigenvalue weighted by Gasteiger charge is -2.35. The molecule has 0 N–H and O–H groups in total. The summed E-state index contributed by atoms with van der Waals surface area (Å²) < 4.78 is 0.